The lowest BCUT2D eigenvalue weighted by molar-refractivity contribution is -0.177. The summed E-state index contributed by atoms with van der Waals surface area (Å²) < 4.78 is 0. The van der Waals surface area contributed by atoms with Gasteiger partial charge in [-0.3, -0.25) is 0 Å². The summed E-state index contributed by atoms with van der Waals surface area (Å²) in [6.07, 6.45) is 3.96. The maximum atomic E-state index is 10.1. The molecule has 12 heavy (non-hydrogen) atoms. The Labute approximate surface area is 71.8 Å². The van der Waals surface area contributed by atoms with Gasteiger partial charge in [0, 0.05) is 18.5 Å². The fourth-order valence-electron chi connectivity index (χ4n) is 3.62. The number of aliphatic hydroxyl groups is 2. The predicted octanol–water partition coefficient (Wildman–Crippen LogP) is -0.233. The SMILES string of the molecule is OC12CC3CC(O)(CC(C1)N3)C2. The molecule has 2 aliphatic heterocycles. The van der Waals surface area contributed by atoms with Crippen LogP contribution >= 0.6 is 0 Å². The molecule has 0 aromatic heterocycles. The molecule has 2 aliphatic carbocycles. The summed E-state index contributed by atoms with van der Waals surface area (Å²) in [6, 6.07) is 0.725. The van der Waals surface area contributed by atoms with Gasteiger partial charge in [-0.05, 0) is 25.7 Å². The first-order valence-electron chi connectivity index (χ1n) is 4.78. The van der Waals surface area contributed by atoms with Crippen LogP contribution in [-0.2, 0) is 0 Å². The molecular formula is C9H15NO2. The van der Waals surface area contributed by atoms with E-state index in [1.807, 2.05) is 0 Å². The molecule has 4 fully saturated rings. The van der Waals surface area contributed by atoms with E-state index in [-0.39, 0.29) is 0 Å². The van der Waals surface area contributed by atoms with Crippen LogP contribution in [0.2, 0.25) is 0 Å². The van der Waals surface area contributed by atoms with Gasteiger partial charge in [-0.25, -0.2) is 0 Å². The van der Waals surface area contributed by atoms with Crippen molar-refractivity contribution in [2.45, 2.75) is 55.4 Å². The Balaban J connectivity index is 1.98. The van der Waals surface area contributed by atoms with Crippen molar-refractivity contribution >= 4 is 0 Å². The van der Waals surface area contributed by atoms with Crippen molar-refractivity contribution < 1.29 is 10.2 Å². The number of hydrogen-bond donors (Lipinski definition) is 3. The largest absolute Gasteiger partial charge is 0.390 e. The normalized spacial score (nSPS) is 62.5. The van der Waals surface area contributed by atoms with Crippen molar-refractivity contribution in [1.82, 2.24) is 5.32 Å². The van der Waals surface area contributed by atoms with Gasteiger partial charge < -0.3 is 15.5 Å². The second-order valence-electron chi connectivity index (χ2n) is 5.00. The average Bonchev–Trinajstić information content (AvgIpc) is 1.75. The number of rotatable bonds is 0. The zero-order valence-electron chi connectivity index (χ0n) is 7.08. The first-order valence-corrected chi connectivity index (χ1v) is 4.78. The summed E-state index contributed by atoms with van der Waals surface area (Å²) in [5.74, 6) is 0. The Morgan fingerprint density at radius 1 is 0.917 bits per heavy atom. The van der Waals surface area contributed by atoms with E-state index in [4.69, 9.17) is 0 Å². The Kier molecular flexibility index (Phi) is 1.13. The highest BCUT2D eigenvalue weighted by Gasteiger charge is 2.56. The van der Waals surface area contributed by atoms with E-state index in [2.05, 4.69) is 5.32 Å². The molecule has 2 saturated heterocycles. The van der Waals surface area contributed by atoms with Crippen LogP contribution in [0, 0.1) is 0 Å². The van der Waals surface area contributed by atoms with Crippen LogP contribution in [0.5, 0.6) is 0 Å². The van der Waals surface area contributed by atoms with Gasteiger partial charge in [0.1, 0.15) is 0 Å². The van der Waals surface area contributed by atoms with Gasteiger partial charge in [-0.15, -0.1) is 0 Å². The summed E-state index contributed by atoms with van der Waals surface area (Å²) in [5.41, 5.74) is -1.10. The second kappa shape index (κ2) is 1.86. The monoisotopic (exact) mass is 169 g/mol. The topological polar surface area (TPSA) is 52.5 Å². The standard InChI is InChI=1S/C9H15NO2/c11-8-1-6-2-9(12,5-8)4-7(3-8)10-6/h6-7,10-12H,1-5H2. The molecule has 0 unspecified atom stereocenters. The number of piperidine rings is 2. The van der Waals surface area contributed by atoms with E-state index < -0.39 is 11.2 Å². The van der Waals surface area contributed by atoms with Crippen molar-refractivity contribution in [2.24, 2.45) is 0 Å². The predicted molar refractivity (Wildman–Crippen MR) is 43.7 cm³/mol. The molecule has 0 aromatic rings. The van der Waals surface area contributed by atoms with Crippen LogP contribution in [0.3, 0.4) is 0 Å². The zero-order chi connectivity index (χ0) is 8.40. The van der Waals surface area contributed by atoms with Crippen LogP contribution in [0.15, 0.2) is 0 Å². The van der Waals surface area contributed by atoms with Crippen molar-refractivity contribution in [3.05, 3.63) is 0 Å². The van der Waals surface area contributed by atoms with Gasteiger partial charge in [-0.1, -0.05) is 0 Å². The van der Waals surface area contributed by atoms with Crippen LogP contribution in [0.1, 0.15) is 32.1 Å². The minimum Gasteiger partial charge on any atom is -0.390 e. The molecule has 2 saturated carbocycles. The molecule has 0 radical (unpaired) electrons. The fourth-order valence-corrected chi connectivity index (χ4v) is 3.62. The Morgan fingerprint density at radius 3 is 1.67 bits per heavy atom. The number of nitrogens with one attached hydrogen (secondary N) is 1. The lowest BCUT2D eigenvalue weighted by Gasteiger charge is -2.58. The van der Waals surface area contributed by atoms with Gasteiger partial charge >= 0.3 is 0 Å². The van der Waals surface area contributed by atoms with E-state index in [1.165, 1.54) is 0 Å². The van der Waals surface area contributed by atoms with Crippen LogP contribution < -0.4 is 5.32 Å². The van der Waals surface area contributed by atoms with E-state index in [9.17, 15) is 10.2 Å². The third-order valence-electron chi connectivity index (χ3n) is 3.63. The Hall–Kier alpha value is -0.120. The summed E-state index contributed by atoms with van der Waals surface area (Å²) in [7, 11) is 0. The van der Waals surface area contributed by atoms with Gasteiger partial charge in [0.25, 0.3) is 0 Å². The first kappa shape index (κ1) is 7.30. The molecule has 0 atom stereocenters. The maximum absolute atomic E-state index is 10.1. The smallest absolute Gasteiger partial charge is 0.0704 e. The van der Waals surface area contributed by atoms with Crippen LogP contribution in [0.25, 0.3) is 0 Å². The molecule has 3 N–H and O–H groups in total. The second-order valence-corrected chi connectivity index (χ2v) is 5.00. The van der Waals surface area contributed by atoms with E-state index >= 15 is 0 Å². The van der Waals surface area contributed by atoms with E-state index in [0.29, 0.717) is 18.5 Å². The Bertz CT molecular complexity index is 195. The van der Waals surface area contributed by atoms with Crippen molar-refractivity contribution in [3.8, 4) is 0 Å². The van der Waals surface area contributed by atoms with E-state index in [1.54, 1.807) is 0 Å². The molecule has 3 nitrogen and oxygen atoms in total. The Morgan fingerprint density at radius 2 is 1.33 bits per heavy atom. The molecule has 0 amide bonds. The average molecular weight is 169 g/mol. The molecule has 0 spiro atoms. The molecule has 4 rings (SSSR count). The highest BCUT2D eigenvalue weighted by molar-refractivity contribution is 5.12. The van der Waals surface area contributed by atoms with Crippen molar-refractivity contribution in [1.29, 1.82) is 0 Å². The van der Waals surface area contributed by atoms with Crippen LogP contribution in [0.4, 0.5) is 0 Å². The van der Waals surface area contributed by atoms with Gasteiger partial charge in [0.05, 0.1) is 11.2 Å². The molecule has 3 heteroatoms. The van der Waals surface area contributed by atoms with Gasteiger partial charge in [-0.2, -0.15) is 0 Å². The third-order valence-corrected chi connectivity index (χ3v) is 3.63. The molecule has 0 aromatic carbocycles. The molecule has 4 aliphatic rings. The molecular weight excluding hydrogens is 154 g/mol. The lowest BCUT2D eigenvalue weighted by Crippen LogP contribution is -2.69. The number of hydrogen-bond acceptors (Lipinski definition) is 3. The minimum atomic E-state index is -0.550. The fraction of sp³-hybridized carbons (Fsp3) is 1.00. The van der Waals surface area contributed by atoms with Gasteiger partial charge in [0.15, 0.2) is 0 Å². The quantitative estimate of drug-likeness (QED) is 0.469. The van der Waals surface area contributed by atoms with Crippen LogP contribution in [-0.4, -0.2) is 33.5 Å². The van der Waals surface area contributed by atoms with Crippen molar-refractivity contribution in [2.75, 3.05) is 0 Å². The van der Waals surface area contributed by atoms with E-state index in [0.717, 1.165) is 25.7 Å². The first-order chi connectivity index (χ1) is 5.57. The molecule has 4 bridgehead atoms. The summed E-state index contributed by atoms with van der Waals surface area (Å²) >= 11 is 0. The zero-order valence-corrected chi connectivity index (χ0v) is 7.08. The lowest BCUT2D eigenvalue weighted by atomic mass is 9.60. The summed E-state index contributed by atoms with van der Waals surface area (Å²) in [5, 5.41) is 23.6. The van der Waals surface area contributed by atoms with Crippen molar-refractivity contribution in [3.63, 3.8) is 0 Å². The molecule has 2 heterocycles. The minimum absolute atomic E-state index is 0.362. The summed E-state index contributed by atoms with van der Waals surface area (Å²) in [6.45, 7) is 0. The third kappa shape index (κ3) is 0.873. The van der Waals surface area contributed by atoms with Gasteiger partial charge in [0.2, 0.25) is 0 Å². The molecule has 68 valence electrons. The highest BCUT2D eigenvalue weighted by Crippen LogP contribution is 2.49. The summed E-state index contributed by atoms with van der Waals surface area (Å²) in [4.78, 5) is 0. The highest BCUT2D eigenvalue weighted by atomic mass is 16.3. The maximum Gasteiger partial charge on any atom is 0.0704 e.